The first-order valence-corrected chi connectivity index (χ1v) is 31.4. The number of hydrogen-bond acceptors (Lipinski definition) is 5. The molecule has 0 aromatic heterocycles. The number of rotatable bonds is 56. The first-order chi connectivity index (χ1) is 37.6. The maximum atomic E-state index is 12.3. The van der Waals surface area contributed by atoms with E-state index in [4.69, 9.17) is 9.47 Å². The Balaban J connectivity index is 3.52. The van der Waals surface area contributed by atoms with Crippen molar-refractivity contribution >= 4 is 11.9 Å². The van der Waals surface area contributed by atoms with Crippen LogP contribution in [0, 0.1) is 0 Å². The van der Waals surface area contributed by atoms with Gasteiger partial charge in [0.25, 0.3) is 0 Å². The highest BCUT2D eigenvalue weighted by atomic mass is 16.6. The molecule has 5 nitrogen and oxygen atoms in total. The van der Waals surface area contributed by atoms with Crippen LogP contribution in [0.4, 0.5) is 0 Å². The van der Waals surface area contributed by atoms with Crippen LogP contribution in [0.2, 0.25) is 0 Å². The van der Waals surface area contributed by atoms with Crippen molar-refractivity contribution < 1.29 is 24.2 Å². The van der Waals surface area contributed by atoms with E-state index < -0.39 is 6.10 Å². The second-order valence-corrected chi connectivity index (χ2v) is 20.4. The van der Waals surface area contributed by atoms with Gasteiger partial charge in [-0.2, -0.15) is 0 Å². The standard InChI is InChI=1S/C71H116O5/c1-3-5-7-9-11-13-15-17-19-21-23-25-27-29-30-31-32-33-34-35-36-37-38-39-40-42-44-46-48-50-52-54-56-58-60-62-64-66-71(74)76-69(67-72)68-75-70(73)65-63-61-59-57-55-53-51-49-47-45-43-41-28-26-24-22-20-18-16-14-12-10-8-6-4-2/h5-8,11-14,17-20,23-26,29-30,32-33,41,43,47,49,69,72H,3-4,9-10,15-16,21-22,27-28,31,34-40,42,44-46,48,50-68H2,1-2H3/b7-5-,8-6-,13-11-,14-12-,19-17-,20-18-,25-23-,26-24-,30-29-,33-32-,43-41-,49-47-. The normalized spacial score (nSPS) is 13.2. The molecule has 1 unspecified atom stereocenters. The van der Waals surface area contributed by atoms with Crippen LogP contribution in [0.1, 0.15) is 271 Å². The lowest BCUT2D eigenvalue weighted by Gasteiger charge is -2.15. The second kappa shape index (κ2) is 65.1. The molecule has 76 heavy (non-hydrogen) atoms. The minimum absolute atomic E-state index is 0.0800. The van der Waals surface area contributed by atoms with Crippen molar-refractivity contribution in [2.24, 2.45) is 0 Å². The Morgan fingerprint density at radius 2 is 0.526 bits per heavy atom. The maximum absolute atomic E-state index is 12.3. The predicted molar refractivity (Wildman–Crippen MR) is 334 cm³/mol. The van der Waals surface area contributed by atoms with E-state index in [0.29, 0.717) is 12.8 Å². The Hall–Kier alpha value is -4.22. The van der Waals surface area contributed by atoms with E-state index in [1.165, 1.54) is 122 Å². The van der Waals surface area contributed by atoms with Crippen LogP contribution in [0.15, 0.2) is 146 Å². The molecule has 0 saturated heterocycles. The van der Waals surface area contributed by atoms with Crippen molar-refractivity contribution in [3.63, 3.8) is 0 Å². The zero-order valence-corrected chi connectivity index (χ0v) is 49.2. The highest BCUT2D eigenvalue weighted by Crippen LogP contribution is 2.16. The largest absolute Gasteiger partial charge is 0.462 e. The van der Waals surface area contributed by atoms with Gasteiger partial charge in [0.1, 0.15) is 6.61 Å². The number of ether oxygens (including phenoxy) is 2. The van der Waals surface area contributed by atoms with Gasteiger partial charge in [-0.05, 0) is 116 Å². The van der Waals surface area contributed by atoms with Crippen molar-refractivity contribution in [2.75, 3.05) is 13.2 Å². The van der Waals surface area contributed by atoms with E-state index in [9.17, 15) is 14.7 Å². The lowest BCUT2D eigenvalue weighted by Crippen LogP contribution is -2.28. The van der Waals surface area contributed by atoms with Crippen LogP contribution in [0.3, 0.4) is 0 Å². The van der Waals surface area contributed by atoms with Crippen LogP contribution < -0.4 is 0 Å². The molecule has 1 N–H and O–H groups in total. The summed E-state index contributed by atoms with van der Waals surface area (Å²) in [4.78, 5) is 24.6. The first kappa shape index (κ1) is 71.8. The lowest BCUT2D eigenvalue weighted by molar-refractivity contribution is -0.161. The van der Waals surface area contributed by atoms with Gasteiger partial charge in [-0.25, -0.2) is 0 Å². The summed E-state index contributed by atoms with van der Waals surface area (Å²) in [7, 11) is 0. The fourth-order valence-electron chi connectivity index (χ4n) is 8.50. The summed E-state index contributed by atoms with van der Waals surface area (Å²) < 4.78 is 10.7. The molecule has 430 valence electrons. The van der Waals surface area contributed by atoms with E-state index in [1.807, 2.05) is 0 Å². The average molecular weight is 1050 g/mol. The second-order valence-electron chi connectivity index (χ2n) is 20.4. The fourth-order valence-corrected chi connectivity index (χ4v) is 8.50. The van der Waals surface area contributed by atoms with Crippen LogP contribution >= 0.6 is 0 Å². The highest BCUT2D eigenvalue weighted by molar-refractivity contribution is 5.70. The molecule has 0 aromatic carbocycles. The van der Waals surface area contributed by atoms with Crippen molar-refractivity contribution in [2.45, 2.75) is 277 Å². The number of allylic oxidation sites excluding steroid dienone is 24. The Bertz CT molecular complexity index is 1610. The van der Waals surface area contributed by atoms with Gasteiger partial charge in [-0.1, -0.05) is 288 Å². The summed E-state index contributed by atoms with van der Waals surface area (Å²) in [5.41, 5.74) is 0. The van der Waals surface area contributed by atoms with Gasteiger partial charge < -0.3 is 14.6 Å². The number of aliphatic hydroxyl groups is 1. The quantitative estimate of drug-likeness (QED) is 0.0373. The summed E-state index contributed by atoms with van der Waals surface area (Å²) in [6, 6.07) is 0. The molecule has 0 fully saturated rings. The zero-order valence-electron chi connectivity index (χ0n) is 49.2. The SMILES string of the molecule is CC/C=C\C/C=C\C/C=C\C/C=C\C/C=C\C/C=C\CCCCCCCCCCCCCCCCCCCCC(=O)OC(CO)COC(=O)CCCCCCCC/C=C\C/C=C\C/C=C\C/C=C\C/C=C\C/C=C\CC. The van der Waals surface area contributed by atoms with Gasteiger partial charge >= 0.3 is 11.9 Å². The molecule has 0 radical (unpaired) electrons. The molecule has 0 aliphatic rings. The van der Waals surface area contributed by atoms with Crippen LogP contribution in [0.5, 0.6) is 0 Å². The Morgan fingerprint density at radius 1 is 0.303 bits per heavy atom. The fraction of sp³-hybridized carbons (Fsp3) is 0.634. The molecule has 1 atom stereocenters. The van der Waals surface area contributed by atoms with Crippen molar-refractivity contribution in [1.82, 2.24) is 0 Å². The van der Waals surface area contributed by atoms with Gasteiger partial charge in [0.05, 0.1) is 6.61 Å². The van der Waals surface area contributed by atoms with E-state index in [-0.39, 0.29) is 25.2 Å². The summed E-state index contributed by atoms with van der Waals surface area (Å²) in [6.07, 6.45) is 98.4. The van der Waals surface area contributed by atoms with Crippen LogP contribution in [-0.4, -0.2) is 36.4 Å². The number of carbonyl (C=O) groups is 2. The molecule has 0 aliphatic heterocycles. The van der Waals surface area contributed by atoms with Gasteiger partial charge in [-0.15, -0.1) is 0 Å². The van der Waals surface area contributed by atoms with Crippen LogP contribution in [0.25, 0.3) is 0 Å². The smallest absolute Gasteiger partial charge is 0.306 e. The van der Waals surface area contributed by atoms with Gasteiger partial charge in [-0.3, -0.25) is 9.59 Å². The first-order valence-electron chi connectivity index (χ1n) is 31.4. The third-order valence-corrected chi connectivity index (χ3v) is 13.1. The van der Waals surface area contributed by atoms with E-state index in [1.54, 1.807) is 0 Å². The number of hydrogen-bond donors (Lipinski definition) is 1. The molecule has 0 saturated carbocycles. The van der Waals surface area contributed by atoms with E-state index in [2.05, 4.69) is 160 Å². The highest BCUT2D eigenvalue weighted by Gasteiger charge is 2.16. The molecule has 0 aromatic rings. The van der Waals surface area contributed by atoms with E-state index in [0.717, 1.165) is 122 Å². The molecule has 0 amide bonds. The summed E-state index contributed by atoms with van der Waals surface area (Å²) in [5, 5.41) is 9.68. The topological polar surface area (TPSA) is 72.8 Å². The monoisotopic (exact) mass is 1050 g/mol. The van der Waals surface area contributed by atoms with Crippen LogP contribution in [-0.2, 0) is 19.1 Å². The Labute approximate surface area is 469 Å². The van der Waals surface area contributed by atoms with E-state index >= 15 is 0 Å². The minimum atomic E-state index is -0.788. The molecular formula is C71H116O5. The summed E-state index contributed by atoms with van der Waals surface area (Å²) in [6.45, 7) is 3.91. The molecule has 0 aliphatic carbocycles. The Morgan fingerprint density at radius 3 is 0.789 bits per heavy atom. The summed E-state index contributed by atoms with van der Waals surface area (Å²) in [5.74, 6) is -0.609. The zero-order chi connectivity index (χ0) is 54.8. The summed E-state index contributed by atoms with van der Waals surface area (Å²) >= 11 is 0. The van der Waals surface area contributed by atoms with Crippen molar-refractivity contribution in [3.8, 4) is 0 Å². The third-order valence-electron chi connectivity index (χ3n) is 13.1. The number of esters is 2. The minimum Gasteiger partial charge on any atom is -0.462 e. The molecule has 0 spiro atoms. The number of unbranched alkanes of at least 4 members (excludes halogenated alkanes) is 24. The third kappa shape index (κ3) is 62.3. The molecule has 0 bridgehead atoms. The lowest BCUT2D eigenvalue weighted by atomic mass is 10.0. The van der Waals surface area contributed by atoms with Crippen molar-refractivity contribution in [3.05, 3.63) is 146 Å². The number of carbonyl (C=O) groups excluding carboxylic acids is 2. The van der Waals surface area contributed by atoms with Gasteiger partial charge in [0.15, 0.2) is 6.10 Å². The van der Waals surface area contributed by atoms with Crippen molar-refractivity contribution in [1.29, 1.82) is 0 Å². The number of aliphatic hydroxyl groups excluding tert-OH is 1. The Kier molecular flexibility index (Phi) is 61.5. The molecule has 5 heteroatoms. The molecule has 0 rings (SSSR count). The maximum Gasteiger partial charge on any atom is 0.306 e. The predicted octanol–water partition coefficient (Wildman–Crippen LogP) is 21.8. The van der Waals surface area contributed by atoms with Gasteiger partial charge in [0, 0.05) is 12.8 Å². The van der Waals surface area contributed by atoms with Gasteiger partial charge in [0.2, 0.25) is 0 Å². The average Bonchev–Trinajstić information content (AvgIpc) is 3.42. The molecule has 0 heterocycles. The molecular weight excluding hydrogens is 933 g/mol.